The van der Waals surface area contributed by atoms with Gasteiger partial charge in [-0.15, -0.1) is 0 Å². The predicted octanol–water partition coefficient (Wildman–Crippen LogP) is 3.55. The maximum Gasteiger partial charge on any atom is 0.0899 e. The van der Waals surface area contributed by atoms with Gasteiger partial charge in [-0.25, -0.2) is 0 Å². The highest BCUT2D eigenvalue weighted by Gasteiger charge is 2.54. The van der Waals surface area contributed by atoms with Crippen LogP contribution in [0, 0.1) is 17.8 Å². The molecule has 0 aliphatic heterocycles. The van der Waals surface area contributed by atoms with Crippen LogP contribution in [0.4, 0.5) is 0 Å². The van der Waals surface area contributed by atoms with Gasteiger partial charge in [-0.2, -0.15) is 0 Å². The molecule has 4 saturated carbocycles. The smallest absolute Gasteiger partial charge is 0.0899 e. The van der Waals surface area contributed by atoms with Crippen LogP contribution in [0.15, 0.2) is 11.6 Å². The van der Waals surface area contributed by atoms with Gasteiger partial charge in [0.2, 0.25) is 0 Å². The van der Waals surface area contributed by atoms with Crippen molar-refractivity contribution in [2.45, 2.75) is 51.6 Å². The van der Waals surface area contributed by atoms with Crippen LogP contribution >= 0.6 is 0 Å². The first-order valence-electron chi connectivity index (χ1n) is 6.58. The normalized spacial score (nSPS) is 50.3. The van der Waals surface area contributed by atoms with Crippen molar-refractivity contribution in [2.24, 2.45) is 17.8 Å². The second-order valence-corrected chi connectivity index (χ2v) is 5.72. The van der Waals surface area contributed by atoms with E-state index in [2.05, 4.69) is 19.9 Å². The zero-order chi connectivity index (χ0) is 10.5. The van der Waals surface area contributed by atoms with Crippen molar-refractivity contribution in [3.8, 4) is 0 Å². The minimum Gasteiger partial charge on any atom is -0.371 e. The summed E-state index contributed by atoms with van der Waals surface area (Å²) < 4.78 is 6.18. The second kappa shape index (κ2) is 3.35. The van der Waals surface area contributed by atoms with E-state index >= 15 is 0 Å². The fourth-order valence-corrected chi connectivity index (χ4v) is 4.75. The molecule has 4 aliphatic carbocycles. The first-order chi connectivity index (χ1) is 7.27. The van der Waals surface area contributed by atoms with Gasteiger partial charge in [0.05, 0.1) is 5.60 Å². The maximum absolute atomic E-state index is 6.18. The van der Waals surface area contributed by atoms with Crippen molar-refractivity contribution in [2.75, 3.05) is 6.61 Å². The van der Waals surface area contributed by atoms with Gasteiger partial charge in [0.15, 0.2) is 0 Å². The Labute approximate surface area is 92.9 Å². The van der Waals surface area contributed by atoms with Gasteiger partial charge in [-0.1, -0.05) is 6.08 Å². The Morgan fingerprint density at radius 2 is 1.93 bits per heavy atom. The lowest BCUT2D eigenvalue weighted by atomic mass is 9.52. The van der Waals surface area contributed by atoms with Gasteiger partial charge in [-0.05, 0) is 69.3 Å². The van der Waals surface area contributed by atoms with Crippen LogP contribution < -0.4 is 0 Å². The molecule has 0 radical (unpaired) electrons. The van der Waals surface area contributed by atoms with Crippen LogP contribution in [-0.4, -0.2) is 12.2 Å². The van der Waals surface area contributed by atoms with Crippen LogP contribution in [0.3, 0.4) is 0 Å². The van der Waals surface area contributed by atoms with Crippen LogP contribution in [0.25, 0.3) is 0 Å². The molecule has 0 amide bonds. The lowest BCUT2D eigenvalue weighted by Gasteiger charge is -2.58. The number of allylic oxidation sites excluding steroid dienone is 1. The zero-order valence-corrected chi connectivity index (χ0v) is 9.96. The first kappa shape index (κ1) is 9.89. The Morgan fingerprint density at radius 3 is 2.47 bits per heavy atom. The fraction of sp³-hybridized carbons (Fsp3) is 0.857. The molecule has 0 aromatic carbocycles. The first-order valence-corrected chi connectivity index (χ1v) is 6.58. The Balaban J connectivity index is 1.97. The van der Waals surface area contributed by atoms with Gasteiger partial charge in [0.25, 0.3) is 0 Å². The highest BCUT2D eigenvalue weighted by atomic mass is 16.5. The Bertz CT molecular complexity index is 278. The highest BCUT2D eigenvalue weighted by molar-refractivity contribution is 5.28. The second-order valence-electron chi connectivity index (χ2n) is 5.72. The quantitative estimate of drug-likeness (QED) is 0.628. The Hall–Kier alpha value is -0.300. The molecule has 0 aromatic rings. The van der Waals surface area contributed by atoms with Crippen molar-refractivity contribution in [3.63, 3.8) is 0 Å². The van der Waals surface area contributed by atoms with Crippen molar-refractivity contribution < 1.29 is 4.74 Å². The molecule has 4 aliphatic rings. The summed E-state index contributed by atoms with van der Waals surface area (Å²) in [5.41, 5.74) is 1.83. The van der Waals surface area contributed by atoms with E-state index in [-0.39, 0.29) is 5.60 Å². The van der Waals surface area contributed by atoms with E-state index in [9.17, 15) is 0 Å². The summed E-state index contributed by atoms with van der Waals surface area (Å²) in [6.07, 6.45) is 9.37. The molecule has 0 N–H and O–H groups in total. The van der Waals surface area contributed by atoms with Crippen molar-refractivity contribution in [1.29, 1.82) is 0 Å². The lowest BCUT2D eigenvalue weighted by Crippen LogP contribution is -2.53. The lowest BCUT2D eigenvalue weighted by molar-refractivity contribution is -0.117. The maximum atomic E-state index is 6.18. The average Bonchev–Trinajstić information content (AvgIpc) is 2.16. The molecule has 4 fully saturated rings. The highest BCUT2D eigenvalue weighted by Crippen LogP contribution is 2.59. The third-order valence-electron chi connectivity index (χ3n) is 4.84. The molecular weight excluding hydrogens is 184 g/mol. The molecule has 2 atom stereocenters. The molecule has 0 heterocycles. The third kappa shape index (κ3) is 1.32. The monoisotopic (exact) mass is 206 g/mol. The van der Waals surface area contributed by atoms with E-state index in [4.69, 9.17) is 4.74 Å². The van der Waals surface area contributed by atoms with Gasteiger partial charge in [0, 0.05) is 6.61 Å². The zero-order valence-electron chi connectivity index (χ0n) is 9.96. The van der Waals surface area contributed by atoms with E-state index in [0.717, 1.165) is 24.4 Å². The molecule has 0 spiro atoms. The topological polar surface area (TPSA) is 9.23 Å². The van der Waals surface area contributed by atoms with E-state index in [0.29, 0.717) is 0 Å². The summed E-state index contributed by atoms with van der Waals surface area (Å²) in [6, 6.07) is 0. The molecule has 0 saturated heterocycles. The van der Waals surface area contributed by atoms with E-state index in [1.807, 2.05) is 0 Å². The van der Waals surface area contributed by atoms with Crippen LogP contribution in [0.2, 0.25) is 0 Å². The Kier molecular flexibility index (Phi) is 2.21. The van der Waals surface area contributed by atoms with Gasteiger partial charge < -0.3 is 4.74 Å². The number of rotatable bonds is 2. The Morgan fingerprint density at radius 1 is 1.27 bits per heavy atom. The van der Waals surface area contributed by atoms with Crippen molar-refractivity contribution >= 4 is 0 Å². The molecule has 4 rings (SSSR count). The molecule has 15 heavy (non-hydrogen) atoms. The largest absolute Gasteiger partial charge is 0.371 e. The summed E-state index contributed by atoms with van der Waals surface area (Å²) in [4.78, 5) is 0. The van der Waals surface area contributed by atoms with Crippen LogP contribution in [-0.2, 0) is 4.74 Å². The molecule has 1 heteroatoms. The van der Waals surface area contributed by atoms with Crippen molar-refractivity contribution in [1.82, 2.24) is 0 Å². The summed E-state index contributed by atoms with van der Waals surface area (Å²) in [6.45, 7) is 5.23. The molecule has 1 nitrogen and oxygen atoms in total. The third-order valence-corrected chi connectivity index (χ3v) is 4.84. The van der Waals surface area contributed by atoms with E-state index < -0.39 is 0 Å². The summed E-state index contributed by atoms with van der Waals surface area (Å²) in [5.74, 6) is 2.81. The minimum absolute atomic E-state index is 0.179. The number of ether oxygens (including phenoxy) is 1. The summed E-state index contributed by atoms with van der Waals surface area (Å²) in [7, 11) is 0. The minimum atomic E-state index is 0.179. The SMILES string of the molecule is CC=C1C2CC3CC(C2)CC1(OCC)C3. The van der Waals surface area contributed by atoms with E-state index in [1.54, 1.807) is 5.57 Å². The number of hydrogen-bond acceptors (Lipinski definition) is 1. The molecule has 0 aromatic heterocycles. The standard InChI is InChI=1S/C14H22O/c1-3-13-12-6-10-5-11(7-12)9-14(13,8-10)15-4-2/h3,10-12H,4-9H2,1-2H3. The predicted molar refractivity (Wildman–Crippen MR) is 61.7 cm³/mol. The summed E-state index contributed by atoms with van der Waals surface area (Å²) in [5, 5.41) is 0. The van der Waals surface area contributed by atoms with Gasteiger partial charge in [0.1, 0.15) is 0 Å². The molecular formula is C14H22O. The number of hydrogen-bond donors (Lipinski definition) is 0. The van der Waals surface area contributed by atoms with E-state index in [1.165, 1.54) is 32.1 Å². The average molecular weight is 206 g/mol. The van der Waals surface area contributed by atoms with Crippen LogP contribution in [0.1, 0.15) is 46.0 Å². The molecule has 84 valence electrons. The summed E-state index contributed by atoms with van der Waals surface area (Å²) >= 11 is 0. The van der Waals surface area contributed by atoms with Crippen molar-refractivity contribution in [3.05, 3.63) is 11.6 Å². The van der Waals surface area contributed by atoms with Gasteiger partial charge in [-0.3, -0.25) is 0 Å². The van der Waals surface area contributed by atoms with Crippen LogP contribution in [0.5, 0.6) is 0 Å². The molecule has 4 bridgehead atoms. The fourth-order valence-electron chi connectivity index (χ4n) is 4.75. The molecule has 2 unspecified atom stereocenters. The van der Waals surface area contributed by atoms with Gasteiger partial charge >= 0.3 is 0 Å².